The number of hydrogen-bond acceptors (Lipinski definition) is 6. The molecule has 1 aromatic carbocycles. The van der Waals surface area contributed by atoms with Gasteiger partial charge in [-0.05, 0) is 31.5 Å². The lowest BCUT2D eigenvalue weighted by Gasteiger charge is -2.08. The van der Waals surface area contributed by atoms with Crippen LogP contribution in [0.15, 0.2) is 42.6 Å². The molecule has 1 heterocycles. The van der Waals surface area contributed by atoms with Gasteiger partial charge in [-0.3, -0.25) is 24.7 Å². The van der Waals surface area contributed by atoms with Gasteiger partial charge in [0.25, 0.3) is 11.8 Å². The minimum atomic E-state index is -0.570. The summed E-state index contributed by atoms with van der Waals surface area (Å²) in [5, 5.41) is 16.2. The van der Waals surface area contributed by atoms with Gasteiger partial charge in [-0.25, -0.2) is 0 Å². The highest BCUT2D eigenvalue weighted by Crippen LogP contribution is 2.25. The number of aromatic nitrogens is 1. The van der Waals surface area contributed by atoms with Crippen molar-refractivity contribution in [3.8, 4) is 5.75 Å². The quantitative estimate of drug-likeness (QED) is 0.392. The molecular formula is C18H20N4O5. The van der Waals surface area contributed by atoms with Crippen molar-refractivity contribution in [1.29, 1.82) is 0 Å². The molecule has 142 valence electrons. The number of benzene rings is 1. The Balaban J connectivity index is 1.64. The van der Waals surface area contributed by atoms with E-state index in [9.17, 15) is 19.7 Å². The molecule has 0 aliphatic carbocycles. The first-order chi connectivity index (χ1) is 13.0. The van der Waals surface area contributed by atoms with Gasteiger partial charge in [0.1, 0.15) is 0 Å². The van der Waals surface area contributed by atoms with E-state index in [0.717, 1.165) is 5.69 Å². The minimum absolute atomic E-state index is 0.0385. The first kappa shape index (κ1) is 19.8. The highest BCUT2D eigenvalue weighted by atomic mass is 16.6. The summed E-state index contributed by atoms with van der Waals surface area (Å²) < 4.78 is 5.19. The molecule has 0 bridgehead atoms. The second-order valence-electron chi connectivity index (χ2n) is 5.66. The SMILES string of the molecule is Cc1ccc(C(=O)NCCCNC(=O)COc2ccccc2[N+](=O)[O-])cn1. The molecular weight excluding hydrogens is 352 g/mol. The summed E-state index contributed by atoms with van der Waals surface area (Å²) in [6.07, 6.45) is 2.04. The molecule has 9 heteroatoms. The van der Waals surface area contributed by atoms with E-state index in [2.05, 4.69) is 15.6 Å². The van der Waals surface area contributed by atoms with Crippen molar-refractivity contribution in [3.05, 3.63) is 64.0 Å². The molecule has 0 radical (unpaired) electrons. The van der Waals surface area contributed by atoms with Gasteiger partial charge in [0, 0.05) is 31.0 Å². The lowest BCUT2D eigenvalue weighted by atomic mass is 10.2. The summed E-state index contributed by atoms with van der Waals surface area (Å²) in [5.41, 5.74) is 1.11. The Bertz CT molecular complexity index is 808. The minimum Gasteiger partial charge on any atom is -0.477 e. The number of pyridine rings is 1. The normalized spacial score (nSPS) is 10.1. The monoisotopic (exact) mass is 372 g/mol. The van der Waals surface area contributed by atoms with E-state index in [0.29, 0.717) is 25.1 Å². The molecule has 0 aliphatic heterocycles. The molecule has 0 aliphatic rings. The van der Waals surface area contributed by atoms with E-state index >= 15 is 0 Å². The molecule has 27 heavy (non-hydrogen) atoms. The molecule has 9 nitrogen and oxygen atoms in total. The Morgan fingerprint density at radius 3 is 2.59 bits per heavy atom. The Labute approximate surface area is 155 Å². The van der Waals surface area contributed by atoms with Crippen LogP contribution in [0.1, 0.15) is 22.5 Å². The van der Waals surface area contributed by atoms with Gasteiger partial charge < -0.3 is 15.4 Å². The summed E-state index contributed by atoms with van der Waals surface area (Å²) in [5.74, 6) is -0.590. The van der Waals surface area contributed by atoms with Gasteiger partial charge in [-0.15, -0.1) is 0 Å². The zero-order chi connectivity index (χ0) is 19.6. The zero-order valence-corrected chi connectivity index (χ0v) is 14.8. The predicted octanol–water partition coefficient (Wildman–Crippen LogP) is 1.61. The maximum atomic E-state index is 11.9. The standard InChI is InChI=1S/C18H20N4O5/c1-13-7-8-14(11-21-13)18(24)20-10-4-9-19-17(23)12-27-16-6-3-2-5-15(16)22(25)26/h2-3,5-8,11H,4,9-10,12H2,1H3,(H,19,23)(H,20,24). The average Bonchev–Trinajstić information content (AvgIpc) is 2.66. The second kappa shape index (κ2) is 9.85. The van der Waals surface area contributed by atoms with E-state index in [1.165, 1.54) is 24.4 Å². The van der Waals surface area contributed by atoms with E-state index in [1.54, 1.807) is 18.2 Å². The van der Waals surface area contributed by atoms with Gasteiger partial charge in [0.2, 0.25) is 0 Å². The van der Waals surface area contributed by atoms with E-state index < -0.39 is 10.8 Å². The van der Waals surface area contributed by atoms with Crippen molar-refractivity contribution >= 4 is 17.5 Å². The van der Waals surface area contributed by atoms with E-state index in [4.69, 9.17) is 4.74 Å². The smallest absolute Gasteiger partial charge is 0.310 e. The van der Waals surface area contributed by atoms with Crippen LogP contribution in [-0.4, -0.2) is 41.4 Å². The van der Waals surface area contributed by atoms with Crippen LogP contribution < -0.4 is 15.4 Å². The Hall–Kier alpha value is -3.49. The van der Waals surface area contributed by atoms with Gasteiger partial charge in [-0.1, -0.05) is 12.1 Å². The number of amides is 2. The Morgan fingerprint density at radius 2 is 1.89 bits per heavy atom. The first-order valence-electron chi connectivity index (χ1n) is 8.31. The van der Waals surface area contributed by atoms with Crippen LogP contribution in [0.3, 0.4) is 0 Å². The number of aryl methyl sites for hydroxylation is 1. The van der Waals surface area contributed by atoms with Crippen LogP contribution in [0.2, 0.25) is 0 Å². The summed E-state index contributed by atoms with van der Waals surface area (Å²) in [4.78, 5) is 38.0. The summed E-state index contributed by atoms with van der Waals surface area (Å²) in [6.45, 7) is 2.24. The number of ether oxygens (including phenoxy) is 1. The van der Waals surface area contributed by atoms with Crippen LogP contribution in [-0.2, 0) is 4.79 Å². The molecule has 1 aromatic heterocycles. The third-order valence-corrected chi connectivity index (χ3v) is 3.56. The molecule has 0 saturated carbocycles. The largest absolute Gasteiger partial charge is 0.477 e. The van der Waals surface area contributed by atoms with Crippen molar-refractivity contribution in [2.75, 3.05) is 19.7 Å². The number of nitro benzene ring substituents is 1. The molecule has 2 aromatic rings. The fraction of sp³-hybridized carbons (Fsp3) is 0.278. The molecule has 0 spiro atoms. The third-order valence-electron chi connectivity index (χ3n) is 3.56. The van der Waals surface area contributed by atoms with Gasteiger partial charge in [0.15, 0.2) is 12.4 Å². The molecule has 0 atom stereocenters. The molecule has 0 unspecified atom stereocenters. The van der Waals surface area contributed by atoms with Crippen LogP contribution >= 0.6 is 0 Å². The summed E-state index contributed by atoms with van der Waals surface area (Å²) >= 11 is 0. The predicted molar refractivity (Wildman–Crippen MR) is 97.5 cm³/mol. The number of hydrogen-bond donors (Lipinski definition) is 2. The molecule has 2 N–H and O–H groups in total. The topological polar surface area (TPSA) is 123 Å². The Kier molecular flexibility index (Phi) is 7.24. The number of para-hydroxylation sites is 2. The number of nitro groups is 1. The number of carbonyl (C=O) groups excluding carboxylic acids is 2. The number of carbonyl (C=O) groups is 2. The van der Waals surface area contributed by atoms with Crippen molar-refractivity contribution in [2.45, 2.75) is 13.3 Å². The summed E-state index contributed by atoms with van der Waals surface area (Å²) in [7, 11) is 0. The number of nitrogens with zero attached hydrogens (tertiary/aromatic N) is 2. The van der Waals surface area contributed by atoms with Gasteiger partial charge in [-0.2, -0.15) is 0 Å². The molecule has 0 saturated heterocycles. The van der Waals surface area contributed by atoms with E-state index in [-0.39, 0.29) is 24.0 Å². The molecule has 2 rings (SSSR count). The maximum Gasteiger partial charge on any atom is 0.310 e. The third kappa shape index (κ3) is 6.38. The van der Waals surface area contributed by atoms with Crippen LogP contribution in [0.4, 0.5) is 5.69 Å². The molecule has 0 fully saturated rings. The summed E-state index contributed by atoms with van der Waals surface area (Å²) in [6, 6.07) is 9.30. The average molecular weight is 372 g/mol. The first-order valence-corrected chi connectivity index (χ1v) is 8.31. The van der Waals surface area contributed by atoms with Gasteiger partial charge >= 0.3 is 5.69 Å². The number of rotatable bonds is 9. The van der Waals surface area contributed by atoms with Crippen LogP contribution in [0, 0.1) is 17.0 Å². The fourth-order valence-corrected chi connectivity index (χ4v) is 2.15. The lowest BCUT2D eigenvalue weighted by Crippen LogP contribution is -2.32. The second-order valence-corrected chi connectivity index (χ2v) is 5.66. The van der Waals surface area contributed by atoms with E-state index in [1.807, 2.05) is 6.92 Å². The molecule has 2 amide bonds. The van der Waals surface area contributed by atoms with Crippen LogP contribution in [0.5, 0.6) is 5.75 Å². The van der Waals surface area contributed by atoms with Crippen LogP contribution in [0.25, 0.3) is 0 Å². The zero-order valence-electron chi connectivity index (χ0n) is 14.8. The Morgan fingerprint density at radius 1 is 1.15 bits per heavy atom. The maximum absolute atomic E-state index is 11.9. The number of nitrogens with one attached hydrogen (secondary N) is 2. The van der Waals surface area contributed by atoms with Crippen molar-refractivity contribution in [2.24, 2.45) is 0 Å². The lowest BCUT2D eigenvalue weighted by molar-refractivity contribution is -0.385. The fourth-order valence-electron chi connectivity index (χ4n) is 2.15. The van der Waals surface area contributed by atoms with Crippen molar-refractivity contribution in [1.82, 2.24) is 15.6 Å². The highest BCUT2D eigenvalue weighted by molar-refractivity contribution is 5.93. The highest BCUT2D eigenvalue weighted by Gasteiger charge is 2.14. The van der Waals surface area contributed by atoms with Crippen molar-refractivity contribution < 1.29 is 19.2 Å². The van der Waals surface area contributed by atoms with Gasteiger partial charge in [0.05, 0.1) is 10.5 Å². The van der Waals surface area contributed by atoms with Crippen molar-refractivity contribution in [3.63, 3.8) is 0 Å².